The van der Waals surface area contributed by atoms with E-state index in [0.717, 1.165) is 58.7 Å². The lowest BCUT2D eigenvalue weighted by Crippen LogP contribution is -2.34. The maximum absolute atomic E-state index is 5.04. The zero-order valence-corrected chi connectivity index (χ0v) is 19.5. The molecule has 4 rings (SSSR count). The maximum Gasteiger partial charge on any atom is 0.166 e. The smallest absolute Gasteiger partial charge is 0.166 e. The molecule has 0 amide bonds. The van der Waals surface area contributed by atoms with Gasteiger partial charge < -0.3 is 9.80 Å². The molecular weight excluding hydrogens is 392 g/mol. The van der Waals surface area contributed by atoms with Crippen molar-refractivity contribution in [3.05, 3.63) is 30.2 Å². The molecule has 0 bridgehead atoms. The van der Waals surface area contributed by atoms with Crippen molar-refractivity contribution in [3.63, 3.8) is 0 Å². The van der Waals surface area contributed by atoms with Crippen LogP contribution in [0.3, 0.4) is 0 Å². The molecule has 0 atom stereocenters. The standard InChI is InChI=1S/C23H32N6S/c1-6-11-28(15-17-8-7-9-17)23-22(30-5)26-21-20(24-10-12-29(21)23)18-14-25-19(27(3)4)13-16(18)2/h10,12-14,17H,6-9,11,15H2,1-5H3. The first-order chi connectivity index (χ1) is 14.5. The molecule has 0 aromatic carbocycles. The first-order valence-corrected chi connectivity index (χ1v) is 12.1. The van der Waals surface area contributed by atoms with Gasteiger partial charge in [-0.3, -0.25) is 9.38 Å². The molecule has 1 aliphatic carbocycles. The van der Waals surface area contributed by atoms with Crippen molar-refractivity contribution in [2.24, 2.45) is 5.92 Å². The molecule has 7 heteroatoms. The van der Waals surface area contributed by atoms with Gasteiger partial charge in [0.1, 0.15) is 22.4 Å². The minimum Gasteiger partial charge on any atom is -0.363 e. The number of fused-ring (bicyclic) bond motifs is 1. The summed E-state index contributed by atoms with van der Waals surface area (Å²) in [6, 6.07) is 2.11. The van der Waals surface area contributed by atoms with Crippen LogP contribution in [-0.2, 0) is 0 Å². The number of aromatic nitrogens is 4. The summed E-state index contributed by atoms with van der Waals surface area (Å²) in [6.45, 7) is 6.54. The van der Waals surface area contributed by atoms with Gasteiger partial charge in [0.2, 0.25) is 0 Å². The second-order valence-corrected chi connectivity index (χ2v) is 9.20. The Hall–Kier alpha value is -2.28. The first-order valence-electron chi connectivity index (χ1n) is 10.8. The Labute approximate surface area is 183 Å². The molecule has 3 heterocycles. The molecule has 0 N–H and O–H groups in total. The SMILES string of the molecule is CCCN(CC1CCC1)c1c(SC)nc2c(-c3cnc(N(C)C)cc3C)nccn12. The highest BCUT2D eigenvalue weighted by Gasteiger charge is 2.26. The van der Waals surface area contributed by atoms with Gasteiger partial charge in [0.25, 0.3) is 0 Å². The van der Waals surface area contributed by atoms with Crippen LogP contribution in [0, 0.1) is 12.8 Å². The quantitative estimate of drug-likeness (QED) is 0.479. The highest BCUT2D eigenvalue weighted by atomic mass is 32.2. The van der Waals surface area contributed by atoms with E-state index in [1.165, 1.54) is 25.1 Å². The maximum atomic E-state index is 5.04. The number of imidazole rings is 1. The Bertz CT molecular complexity index is 1020. The lowest BCUT2D eigenvalue weighted by Gasteiger charge is -2.33. The van der Waals surface area contributed by atoms with E-state index in [2.05, 4.69) is 46.7 Å². The molecule has 160 valence electrons. The molecule has 6 nitrogen and oxygen atoms in total. The van der Waals surface area contributed by atoms with Crippen molar-refractivity contribution in [2.75, 3.05) is 43.2 Å². The van der Waals surface area contributed by atoms with Crippen LogP contribution in [0.25, 0.3) is 16.9 Å². The molecule has 0 saturated heterocycles. The molecule has 30 heavy (non-hydrogen) atoms. The van der Waals surface area contributed by atoms with E-state index in [1.54, 1.807) is 11.8 Å². The number of thioether (sulfide) groups is 1. The molecule has 0 unspecified atom stereocenters. The second kappa shape index (κ2) is 8.84. The summed E-state index contributed by atoms with van der Waals surface area (Å²) >= 11 is 1.72. The van der Waals surface area contributed by atoms with Crippen LogP contribution in [0.1, 0.15) is 38.2 Å². The van der Waals surface area contributed by atoms with Gasteiger partial charge in [0.15, 0.2) is 5.65 Å². The van der Waals surface area contributed by atoms with E-state index in [4.69, 9.17) is 9.97 Å². The third-order valence-electron chi connectivity index (χ3n) is 5.99. The molecule has 1 fully saturated rings. The van der Waals surface area contributed by atoms with Crippen molar-refractivity contribution in [3.8, 4) is 11.3 Å². The van der Waals surface area contributed by atoms with Crippen LogP contribution in [0.4, 0.5) is 11.6 Å². The summed E-state index contributed by atoms with van der Waals surface area (Å²) in [5.41, 5.74) is 4.00. The topological polar surface area (TPSA) is 49.6 Å². The number of anilines is 2. The fourth-order valence-electron chi connectivity index (χ4n) is 4.13. The van der Waals surface area contributed by atoms with Crippen molar-refractivity contribution >= 4 is 29.0 Å². The third kappa shape index (κ3) is 3.87. The molecule has 3 aromatic rings. The largest absolute Gasteiger partial charge is 0.363 e. The number of nitrogens with zero attached hydrogens (tertiary/aromatic N) is 6. The van der Waals surface area contributed by atoms with E-state index >= 15 is 0 Å². The lowest BCUT2D eigenvalue weighted by molar-refractivity contribution is 0.316. The zero-order chi connectivity index (χ0) is 21.3. The average Bonchev–Trinajstić information content (AvgIpc) is 3.08. The number of rotatable bonds is 8. The Morgan fingerprint density at radius 3 is 2.63 bits per heavy atom. The van der Waals surface area contributed by atoms with E-state index in [1.807, 2.05) is 31.4 Å². The molecule has 3 aromatic heterocycles. The molecule has 0 aliphatic heterocycles. The zero-order valence-electron chi connectivity index (χ0n) is 18.7. The fourth-order valence-corrected chi connectivity index (χ4v) is 4.72. The highest BCUT2D eigenvalue weighted by Crippen LogP contribution is 2.36. The summed E-state index contributed by atoms with van der Waals surface area (Å²) in [5, 5.41) is 1.08. The van der Waals surface area contributed by atoms with Gasteiger partial charge in [-0.15, -0.1) is 11.8 Å². The first kappa shape index (κ1) is 21.0. The van der Waals surface area contributed by atoms with Gasteiger partial charge >= 0.3 is 0 Å². The summed E-state index contributed by atoms with van der Waals surface area (Å²) in [5.74, 6) is 2.97. The lowest BCUT2D eigenvalue weighted by atomic mass is 9.85. The minimum absolute atomic E-state index is 0.808. The van der Waals surface area contributed by atoms with Gasteiger partial charge in [-0.1, -0.05) is 13.3 Å². The summed E-state index contributed by atoms with van der Waals surface area (Å²) in [6.07, 6.45) is 13.2. The van der Waals surface area contributed by atoms with Gasteiger partial charge in [0.05, 0.1) is 0 Å². The monoisotopic (exact) mass is 424 g/mol. The molecule has 0 radical (unpaired) electrons. The van der Waals surface area contributed by atoms with Crippen LogP contribution in [0.15, 0.2) is 29.7 Å². The van der Waals surface area contributed by atoms with E-state index in [0.29, 0.717) is 0 Å². The summed E-state index contributed by atoms with van der Waals surface area (Å²) in [4.78, 5) is 19.0. The average molecular weight is 425 g/mol. The molecular formula is C23H32N6S. The number of pyridine rings is 1. The number of hydrogen-bond acceptors (Lipinski definition) is 6. The van der Waals surface area contributed by atoms with E-state index in [9.17, 15) is 0 Å². The van der Waals surface area contributed by atoms with Gasteiger partial charge in [-0.2, -0.15) is 0 Å². The Kier molecular flexibility index (Phi) is 6.18. The van der Waals surface area contributed by atoms with E-state index in [-0.39, 0.29) is 0 Å². The number of hydrogen-bond donors (Lipinski definition) is 0. The van der Waals surface area contributed by atoms with Crippen LogP contribution in [-0.4, -0.2) is 52.8 Å². The fraction of sp³-hybridized carbons (Fsp3) is 0.522. The van der Waals surface area contributed by atoms with Crippen molar-refractivity contribution in [1.82, 2.24) is 19.4 Å². The Morgan fingerprint density at radius 2 is 2.03 bits per heavy atom. The van der Waals surface area contributed by atoms with Crippen LogP contribution in [0.5, 0.6) is 0 Å². The van der Waals surface area contributed by atoms with Gasteiger partial charge in [-0.05, 0) is 50.0 Å². The van der Waals surface area contributed by atoms with Gasteiger partial charge in [0, 0.05) is 51.3 Å². The normalized spacial score (nSPS) is 14.2. The molecule has 1 aliphatic rings. The Balaban J connectivity index is 1.82. The number of aryl methyl sites for hydroxylation is 1. The van der Waals surface area contributed by atoms with Crippen LogP contribution < -0.4 is 9.80 Å². The van der Waals surface area contributed by atoms with Crippen molar-refractivity contribution in [2.45, 2.75) is 44.6 Å². The third-order valence-corrected chi connectivity index (χ3v) is 6.65. The molecule has 0 spiro atoms. The molecule has 1 saturated carbocycles. The van der Waals surface area contributed by atoms with Crippen LogP contribution >= 0.6 is 11.8 Å². The predicted octanol–water partition coefficient (Wildman–Crippen LogP) is 4.90. The second-order valence-electron chi connectivity index (χ2n) is 8.41. The summed E-state index contributed by atoms with van der Waals surface area (Å²) < 4.78 is 2.24. The Morgan fingerprint density at radius 1 is 1.23 bits per heavy atom. The van der Waals surface area contributed by atoms with Crippen molar-refractivity contribution in [1.29, 1.82) is 0 Å². The van der Waals surface area contributed by atoms with Crippen molar-refractivity contribution < 1.29 is 0 Å². The highest BCUT2D eigenvalue weighted by molar-refractivity contribution is 7.98. The van der Waals surface area contributed by atoms with Crippen LogP contribution in [0.2, 0.25) is 0 Å². The summed E-state index contributed by atoms with van der Waals surface area (Å²) in [7, 11) is 4.02. The van der Waals surface area contributed by atoms with E-state index < -0.39 is 0 Å². The van der Waals surface area contributed by atoms with Gasteiger partial charge in [-0.25, -0.2) is 9.97 Å². The predicted molar refractivity (Wildman–Crippen MR) is 127 cm³/mol. The minimum atomic E-state index is 0.808.